The van der Waals surface area contributed by atoms with Gasteiger partial charge in [-0.15, -0.1) is 0 Å². The molecule has 0 atom stereocenters. The molecule has 0 radical (unpaired) electrons. The maximum atomic E-state index is 12.2. The molecular weight excluding hydrogens is 352 g/mol. The van der Waals surface area contributed by atoms with Crippen LogP contribution in [0.2, 0.25) is 0 Å². The van der Waals surface area contributed by atoms with Crippen LogP contribution < -0.4 is 5.32 Å². The fourth-order valence-electron chi connectivity index (χ4n) is 3.38. The average Bonchev–Trinajstić information content (AvgIpc) is 3.17. The van der Waals surface area contributed by atoms with E-state index in [1.807, 2.05) is 47.4 Å². The highest BCUT2D eigenvalue weighted by molar-refractivity contribution is 5.78. The van der Waals surface area contributed by atoms with E-state index >= 15 is 0 Å². The van der Waals surface area contributed by atoms with Gasteiger partial charge < -0.3 is 10.1 Å². The molecule has 1 aliphatic heterocycles. The van der Waals surface area contributed by atoms with E-state index in [1.54, 1.807) is 0 Å². The van der Waals surface area contributed by atoms with E-state index in [-0.39, 0.29) is 5.91 Å². The van der Waals surface area contributed by atoms with Crippen molar-refractivity contribution in [1.82, 2.24) is 20.0 Å². The van der Waals surface area contributed by atoms with Gasteiger partial charge in [0.05, 0.1) is 24.5 Å². The number of nitrogens with zero attached hydrogens (tertiary/aromatic N) is 3. The molecule has 0 unspecified atom stereocenters. The number of aromatic nitrogens is 2. The van der Waals surface area contributed by atoms with E-state index in [9.17, 15) is 4.79 Å². The maximum Gasteiger partial charge on any atom is 0.234 e. The summed E-state index contributed by atoms with van der Waals surface area (Å²) in [5.74, 6) is 0.667. The fourth-order valence-corrected chi connectivity index (χ4v) is 3.38. The van der Waals surface area contributed by atoms with Crippen LogP contribution in [0.3, 0.4) is 0 Å². The largest absolute Gasteiger partial charge is 0.378 e. The molecule has 152 valence electrons. The number of piperidine rings is 1. The van der Waals surface area contributed by atoms with Crippen LogP contribution in [0.4, 0.5) is 0 Å². The first-order chi connectivity index (χ1) is 13.6. The highest BCUT2D eigenvalue weighted by atomic mass is 16.5. The Balaban J connectivity index is 1.33. The Morgan fingerprint density at radius 1 is 1.25 bits per heavy atom. The Labute approximate surface area is 167 Å². The number of rotatable bonds is 9. The first kappa shape index (κ1) is 20.6. The van der Waals surface area contributed by atoms with E-state index in [2.05, 4.69) is 29.2 Å². The Morgan fingerprint density at radius 2 is 2.00 bits per heavy atom. The van der Waals surface area contributed by atoms with Crippen LogP contribution in [0.15, 0.2) is 42.7 Å². The average molecular weight is 385 g/mol. The van der Waals surface area contributed by atoms with Gasteiger partial charge in [0.15, 0.2) is 0 Å². The number of amides is 1. The minimum absolute atomic E-state index is 0.0944. The molecule has 2 heterocycles. The van der Waals surface area contributed by atoms with Crippen molar-refractivity contribution in [1.29, 1.82) is 0 Å². The number of benzene rings is 1. The van der Waals surface area contributed by atoms with Crippen molar-refractivity contribution in [3.05, 3.63) is 48.3 Å². The molecule has 0 aliphatic carbocycles. The number of para-hydroxylation sites is 1. The zero-order chi connectivity index (χ0) is 19.8. The third-order valence-corrected chi connectivity index (χ3v) is 4.96. The molecule has 6 nitrogen and oxygen atoms in total. The first-order valence-electron chi connectivity index (χ1n) is 10.3. The smallest absolute Gasteiger partial charge is 0.234 e. The lowest BCUT2D eigenvalue weighted by Crippen LogP contribution is -2.43. The van der Waals surface area contributed by atoms with E-state index in [1.165, 1.54) is 0 Å². The molecule has 6 heteroatoms. The van der Waals surface area contributed by atoms with Crippen molar-refractivity contribution >= 4 is 5.91 Å². The molecule has 1 aliphatic rings. The molecule has 2 aromatic rings. The molecule has 3 rings (SSSR count). The van der Waals surface area contributed by atoms with E-state index in [0.29, 0.717) is 25.1 Å². The molecule has 0 saturated carbocycles. The number of likely N-dealkylation sites (tertiary alicyclic amines) is 1. The number of ether oxygens (including phenoxy) is 1. The number of carbonyl (C=O) groups excluding carboxylic acids is 1. The number of nitrogens with one attached hydrogen (secondary N) is 1. The maximum absolute atomic E-state index is 12.2. The third-order valence-electron chi connectivity index (χ3n) is 4.96. The second kappa shape index (κ2) is 10.4. The predicted molar refractivity (Wildman–Crippen MR) is 111 cm³/mol. The lowest BCUT2D eigenvalue weighted by molar-refractivity contribution is -0.123. The van der Waals surface area contributed by atoms with E-state index in [4.69, 9.17) is 4.74 Å². The highest BCUT2D eigenvalue weighted by Gasteiger charge is 2.21. The normalized spacial score (nSPS) is 15.8. The van der Waals surface area contributed by atoms with Crippen LogP contribution in [0, 0.1) is 5.92 Å². The van der Waals surface area contributed by atoms with Crippen LogP contribution >= 0.6 is 0 Å². The van der Waals surface area contributed by atoms with Gasteiger partial charge in [-0.3, -0.25) is 9.69 Å². The second-order valence-electron chi connectivity index (χ2n) is 7.93. The first-order valence-corrected chi connectivity index (χ1v) is 10.3. The monoisotopic (exact) mass is 384 g/mol. The van der Waals surface area contributed by atoms with Crippen LogP contribution in [-0.2, 0) is 16.0 Å². The molecule has 1 fully saturated rings. The summed E-state index contributed by atoms with van der Waals surface area (Å²) in [5.41, 5.74) is 2.16. The highest BCUT2D eigenvalue weighted by Crippen LogP contribution is 2.14. The zero-order valence-corrected chi connectivity index (χ0v) is 17.0. The Morgan fingerprint density at radius 3 is 2.71 bits per heavy atom. The van der Waals surface area contributed by atoms with Crippen molar-refractivity contribution in [2.24, 2.45) is 5.92 Å². The lowest BCUT2D eigenvalue weighted by atomic mass is 10.1. The predicted octanol–water partition coefficient (Wildman–Crippen LogP) is 2.67. The quantitative estimate of drug-likeness (QED) is 0.722. The van der Waals surface area contributed by atoms with Crippen LogP contribution in [-0.4, -0.2) is 59.5 Å². The molecule has 1 aromatic heterocycles. The summed E-state index contributed by atoms with van der Waals surface area (Å²) in [6, 6.07) is 10.0. The third kappa shape index (κ3) is 6.46. The fraction of sp³-hybridized carbons (Fsp3) is 0.545. The molecule has 1 amide bonds. The molecule has 1 aromatic carbocycles. The zero-order valence-electron chi connectivity index (χ0n) is 17.0. The Kier molecular flexibility index (Phi) is 7.62. The van der Waals surface area contributed by atoms with Gasteiger partial charge in [0.25, 0.3) is 0 Å². The van der Waals surface area contributed by atoms with Crippen LogP contribution in [0.25, 0.3) is 5.69 Å². The summed E-state index contributed by atoms with van der Waals surface area (Å²) < 4.78 is 7.77. The van der Waals surface area contributed by atoms with Crippen LogP contribution in [0.5, 0.6) is 0 Å². The summed E-state index contributed by atoms with van der Waals surface area (Å²) in [6.45, 7) is 8.14. The van der Waals surface area contributed by atoms with Gasteiger partial charge in [0, 0.05) is 32.4 Å². The van der Waals surface area contributed by atoms with Crippen molar-refractivity contribution in [3.63, 3.8) is 0 Å². The standard InChI is InChI=1S/C22H32N4O2/c1-18(2)17-28-21-9-12-25(13-10-21)16-22(27)23-11-8-19-14-24-26(15-19)20-6-4-3-5-7-20/h3-7,14-15,18,21H,8-13,16-17H2,1-2H3,(H,23,27). The number of hydrogen-bond acceptors (Lipinski definition) is 4. The van der Waals surface area contributed by atoms with Crippen molar-refractivity contribution in [2.45, 2.75) is 39.2 Å². The molecule has 0 spiro atoms. The molecule has 1 N–H and O–H groups in total. The second-order valence-corrected chi connectivity index (χ2v) is 7.93. The molecule has 0 bridgehead atoms. The van der Waals surface area contributed by atoms with Crippen LogP contribution in [0.1, 0.15) is 32.3 Å². The van der Waals surface area contributed by atoms with Gasteiger partial charge in [-0.2, -0.15) is 5.10 Å². The Hall–Kier alpha value is -2.18. The summed E-state index contributed by atoms with van der Waals surface area (Å²) in [6.07, 6.45) is 7.04. The summed E-state index contributed by atoms with van der Waals surface area (Å²) in [7, 11) is 0. The molecule has 1 saturated heterocycles. The molecule has 28 heavy (non-hydrogen) atoms. The number of hydrogen-bond donors (Lipinski definition) is 1. The number of carbonyl (C=O) groups is 1. The van der Waals surface area contributed by atoms with Gasteiger partial charge in [-0.05, 0) is 42.9 Å². The minimum Gasteiger partial charge on any atom is -0.378 e. The summed E-state index contributed by atoms with van der Waals surface area (Å²) >= 11 is 0. The van der Waals surface area contributed by atoms with E-state index in [0.717, 1.165) is 50.2 Å². The van der Waals surface area contributed by atoms with Gasteiger partial charge in [0.1, 0.15) is 0 Å². The lowest BCUT2D eigenvalue weighted by Gasteiger charge is -2.31. The van der Waals surface area contributed by atoms with Gasteiger partial charge in [0.2, 0.25) is 5.91 Å². The molecular formula is C22H32N4O2. The van der Waals surface area contributed by atoms with Crippen molar-refractivity contribution in [3.8, 4) is 5.69 Å². The summed E-state index contributed by atoms with van der Waals surface area (Å²) in [5, 5.41) is 7.42. The van der Waals surface area contributed by atoms with Crippen molar-refractivity contribution < 1.29 is 9.53 Å². The van der Waals surface area contributed by atoms with Gasteiger partial charge in [-0.25, -0.2) is 4.68 Å². The summed E-state index contributed by atoms with van der Waals surface area (Å²) in [4.78, 5) is 14.4. The topological polar surface area (TPSA) is 59.4 Å². The minimum atomic E-state index is 0.0944. The van der Waals surface area contributed by atoms with Gasteiger partial charge >= 0.3 is 0 Å². The van der Waals surface area contributed by atoms with Crippen molar-refractivity contribution in [2.75, 3.05) is 32.8 Å². The Bertz CT molecular complexity index is 721. The van der Waals surface area contributed by atoms with E-state index < -0.39 is 0 Å². The van der Waals surface area contributed by atoms with Gasteiger partial charge in [-0.1, -0.05) is 32.0 Å². The SMILES string of the molecule is CC(C)COC1CCN(CC(=O)NCCc2cnn(-c3ccccc3)c2)CC1.